The number of hydrogen-bond acceptors (Lipinski definition) is 5. The highest BCUT2D eigenvalue weighted by Crippen LogP contribution is 2.26. The molecule has 20 heavy (non-hydrogen) atoms. The van der Waals surface area contributed by atoms with Crippen LogP contribution in [-0.2, 0) is 0 Å². The average molecular weight is 275 g/mol. The molecule has 1 aliphatic carbocycles. The lowest BCUT2D eigenvalue weighted by molar-refractivity contribution is 0.131. The number of nitriles is 1. The van der Waals surface area contributed by atoms with Gasteiger partial charge in [0.15, 0.2) is 0 Å². The van der Waals surface area contributed by atoms with Gasteiger partial charge in [-0.3, -0.25) is 4.90 Å². The molecular weight excluding hydrogens is 257 g/mol. The molecule has 0 amide bonds. The van der Waals surface area contributed by atoms with Gasteiger partial charge >= 0.3 is 0 Å². The van der Waals surface area contributed by atoms with Crippen molar-refractivity contribution < 1.29 is 4.39 Å². The number of hydrogen-bond donors (Lipinski definition) is 1. The van der Waals surface area contributed by atoms with Crippen molar-refractivity contribution in [2.24, 2.45) is 0 Å². The van der Waals surface area contributed by atoms with Crippen LogP contribution in [0.15, 0.2) is 12.4 Å². The molecule has 1 saturated carbocycles. The molecule has 1 atom stereocenters. The van der Waals surface area contributed by atoms with Crippen molar-refractivity contribution in [3.63, 3.8) is 0 Å². The molecule has 106 valence electrons. The zero-order valence-corrected chi connectivity index (χ0v) is 11.3. The summed E-state index contributed by atoms with van der Waals surface area (Å²) < 4.78 is 13.2. The molecule has 0 aromatic carbocycles. The first-order valence-electron chi connectivity index (χ1n) is 7.12. The Bertz CT molecular complexity index is 485. The number of piperidine rings is 1. The van der Waals surface area contributed by atoms with Gasteiger partial charge in [-0.1, -0.05) is 0 Å². The van der Waals surface area contributed by atoms with Crippen LogP contribution in [-0.4, -0.2) is 40.2 Å². The summed E-state index contributed by atoms with van der Waals surface area (Å²) >= 11 is 0. The Morgan fingerprint density at radius 1 is 1.25 bits per heavy atom. The van der Waals surface area contributed by atoms with Crippen molar-refractivity contribution in [1.82, 2.24) is 14.9 Å². The molecule has 0 spiro atoms. The van der Waals surface area contributed by atoms with Crippen LogP contribution >= 0.6 is 0 Å². The zero-order valence-electron chi connectivity index (χ0n) is 11.3. The van der Waals surface area contributed by atoms with Crippen LogP contribution in [0, 0.1) is 11.3 Å². The Balaban J connectivity index is 1.67. The van der Waals surface area contributed by atoms with Crippen LogP contribution in [0.3, 0.4) is 0 Å². The molecule has 5 nitrogen and oxygen atoms in total. The predicted molar refractivity (Wildman–Crippen MR) is 72.7 cm³/mol. The summed E-state index contributed by atoms with van der Waals surface area (Å²) in [7, 11) is 0. The van der Waals surface area contributed by atoms with Crippen LogP contribution in [0.1, 0.15) is 37.3 Å². The van der Waals surface area contributed by atoms with Gasteiger partial charge in [-0.2, -0.15) is 5.26 Å². The van der Waals surface area contributed by atoms with E-state index in [-0.39, 0.29) is 6.04 Å². The van der Waals surface area contributed by atoms with Gasteiger partial charge in [0.1, 0.15) is 12.2 Å². The zero-order chi connectivity index (χ0) is 13.9. The van der Waals surface area contributed by atoms with Gasteiger partial charge in [0.2, 0.25) is 5.95 Å². The predicted octanol–water partition coefficient (Wildman–Crippen LogP) is 2.05. The van der Waals surface area contributed by atoms with Crippen LogP contribution in [0.25, 0.3) is 0 Å². The summed E-state index contributed by atoms with van der Waals surface area (Å²) in [5, 5.41) is 12.6. The summed E-state index contributed by atoms with van der Waals surface area (Å²) in [6, 6.07) is 2.41. The van der Waals surface area contributed by atoms with Gasteiger partial charge in [0.05, 0.1) is 6.07 Å². The first-order chi connectivity index (χ1) is 9.76. The molecule has 1 unspecified atom stereocenters. The number of alkyl halides is 1. The molecule has 6 heteroatoms. The molecule has 2 heterocycles. The standard InChI is InChI=1S/C14H18FN5/c15-11-3-5-20(6-4-11)13(7-16)10-8-17-14(18-9-10)19-12-1-2-12/h8-9,11-13H,1-6H2,(H,17,18,19). The van der Waals surface area contributed by atoms with E-state index in [4.69, 9.17) is 0 Å². The van der Waals surface area contributed by atoms with Gasteiger partial charge in [0, 0.05) is 37.1 Å². The Morgan fingerprint density at radius 2 is 1.90 bits per heavy atom. The maximum absolute atomic E-state index is 13.2. The average Bonchev–Trinajstić information content (AvgIpc) is 3.27. The summed E-state index contributed by atoms with van der Waals surface area (Å²) in [6.45, 7) is 1.23. The monoisotopic (exact) mass is 275 g/mol. The molecule has 1 N–H and O–H groups in total. The van der Waals surface area contributed by atoms with Crippen molar-refractivity contribution >= 4 is 5.95 Å². The number of likely N-dealkylation sites (tertiary alicyclic amines) is 1. The highest BCUT2D eigenvalue weighted by atomic mass is 19.1. The number of anilines is 1. The van der Waals surface area contributed by atoms with Crippen LogP contribution in [0.5, 0.6) is 0 Å². The van der Waals surface area contributed by atoms with Gasteiger partial charge < -0.3 is 5.32 Å². The van der Waals surface area contributed by atoms with Crippen LogP contribution < -0.4 is 5.32 Å². The van der Waals surface area contributed by atoms with Gasteiger partial charge in [-0.25, -0.2) is 14.4 Å². The van der Waals surface area contributed by atoms with E-state index in [1.54, 1.807) is 12.4 Å². The molecule has 1 aliphatic heterocycles. The van der Waals surface area contributed by atoms with Crippen molar-refractivity contribution in [2.75, 3.05) is 18.4 Å². The number of aromatic nitrogens is 2. The van der Waals surface area contributed by atoms with E-state index in [1.807, 2.05) is 4.90 Å². The lowest BCUT2D eigenvalue weighted by atomic mass is 10.0. The third kappa shape index (κ3) is 3.05. The van der Waals surface area contributed by atoms with E-state index >= 15 is 0 Å². The molecule has 3 rings (SSSR count). The Kier molecular flexibility index (Phi) is 3.79. The Labute approximate surface area is 117 Å². The molecule has 1 saturated heterocycles. The number of rotatable bonds is 4. The number of halogens is 1. The SMILES string of the molecule is N#CC(c1cnc(NC2CC2)nc1)N1CCC(F)CC1. The summed E-state index contributed by atoms with van der Waals surface area (Å²) in [4.78, 5) is 10.5. The third-order valence-electron chi connectivity index (χ3n) is 3.84. The molecule has 2 aliphatic rings. The topological polar surface area (TPSA) is 64.8 Å². The summed E-state index contributed by atoms with van der Waals surface area (Å²) in [6.07, 6.45) is 6.02. The Morgan fingerprint density at radius 3 is 2.45 bits per heavy atom. The fourth-order valence-electron chi connectivity index (χ4n) is 2.46. The summed E-state index contributed by atoms with van der Waals surface area (Å²) in [5.41, 5.74) is 0.783. The Hall–Kier alpha value is -1.74. The van der Waals surface area contributed by atoms with Crippen LogP contribution in [0.4, 0.5) is 10.3 Å². The van der Waals surface area contributed by atoms with Gasteiger partial charge in [-0.05, 0) is 25.7 Å². The normalized spacial score (nSPS) is 22.2. The molecule has 1 aromatic rings. The molecule has 0 bridgehead atoms. The third-order valence-corrected chi connectivity index (χ3v) is 3.84. The van der Waals surface area contributed by atoms with E-state index in [1.165, 1.54) is 12.8 Å². The minimum absolute atomic E-state index is 0.377. The molecular formula is C14H18FN5. The van der Waals surface area contributed by atoms with E-state index in [0.29, 0.717) is 37.9 Å². The maximum Gasteiger partial charge on any atom is 0.222 e. The first kappa shape index (κ1) is 13.3. The quantitative estimate of drug-likeness (QED) is 0.911. The van der Waals surface area contributed by atoms with E-state index in [0.717, 1.165) is 5.56 Å². The molecule has 2 fully saturated rings. The second-order valence-corrected chi connectivity index (χ2v) is 5.50. The largest absolute Gasteiger partial charge is 0.351 e. The van der Waals surface area contributed by atoms with Crippen molar-refractivity contribution in [2.45, 2.75) is 43.9 Å². The fraction of sp³-hybridized carbons (Fsp3) is 0.643. The minimum atomic E-state index is -0.730. The minimum Gasteiger partial charge on any atom is -0.351 e. The number of nitrogens with zero attached hydrogens (tertiary/aromatic N) is 4. The lowest BCUT2D eigenvalue weighted by Gasteiger charge is -2.31. The second kappa shape index (κ2) is 5.71. The van der Waals surface area contributed by atoms with Crippen molar-refractivity contribution in [1.29, 1.82) is 5.26 Å². The highest BCUT2D eigenvalue weighted by molar-refractivity contribution is 5.30. The highest BCUT2D eigenvalue weighted by Gasteiger charge is 2.27. The van der Waals surface area contributed by atoms with Gasteiger partial charge in [-0.15, -0.1) is 0 Å². The maximum atomic E-state index is 13.2. The van der Waals surface area contributed by atoms with Crippen molar-refractivity contribution in [3.05, 3.63) is 18.0 Å². The second-order valence-electron chi connectivity index (χ2n) is 5.50. The lowest BCUT2D eigenvalue weighted by Crippen LogP contribution is -2.37. The molecule has 1 aromatic heterocycles. The van der Waals surface area contributed by atoms with Gasteiger partial charge in [0.25, 0.3) is 0 Å². The van der Waals surface area contributed by atoms with E-state index < -0.39 is 6.17 Å². The summed E-state index contributed by atoms with van der Waals surface area (Å²) in [5.74, 6) is 0.621. The number of nitrogens with one attached hydrogen (secondary N) is 1. The van der Waals surface area contributed by atoms with E-state index in [2.05, 4.69) is 21.4 Å². The molecule has 0 radical (unpaired) electrons. The first-order valence-corrected chi connectivity index (χ1v) is 7.12. The van der Waals surface area contributed by atoms with Crippen molar-refractivity contribution in [3.8, 4) is 6.07 Å². The van der Waals surface area contributed by atoms with Crippen LogP contribution in [0.2, 0.25) is 0 Å². The van der Waals surface area contributed by atoms with E-state index in [9.17, 15) is 9.65 Å². The fourth-order valence-corrected chi connectivity index (χ4v) is 2.46. The smallest absolute Gasteiger partial charge is 0.222 e.